The van der Waals surface area contributed by atoms with Crippen LogP contribution in [-0.4, -0.2) is 40.7 Å². The summed E-state index contributed by atoms with van der Waals surface area (Å²) in [6, 6.07) is 0. The molecule has 4 heteroatoms. The highest BCUT2D eigenvalue weighted by Crippen LogP contribution is 2.00. The summed E-state index contributed by atoms with van der Waals surface area (Å²) >= 11 is 1.81. The second-order valence-electron chi connectivity index (χ2n) is 1.74. The zero-order valence-electron chi connectivity index (χ0n) is 5.09. The van der Waals surface area contributed by atoms with Gasteiger partial charge in [0.25, 0.3) is 0 Å². The first kappa shape index (κ1) is 9.46. The van der Waals surface area contributed by atoms with E-state index in [0.29, 0.717) is 0 Å². The summed E-state index contributed by atoms with van der Waals surface area (Å²) in [6.07, 6.45) is 0. The minimum Gasteiger partial charge on any atom is -1.00 e. The van der Waals surface area contributed by atoms with Gasteiger partial charge < -0.3 is 22.1 Å². The average Bonchev–Trinajstić information content (AvgIpc) is 2.19. The highest BCUT2D eigenvalue weighted by molar-refractivity contribution is 8.12. The summed E-state index contributed by atoms with van der Waals surface area (Å²) in [5, 5.41) is 8.46. The van der Waals surface area contributed by atoms with Crippen molar-refractivity contribution in [1.82, 2.24) is 0 Å². The van der Waals surface area contributed by atoms with Crippen LogP contribution < -0.4 is 17.0 Å². The lowest BCUT2D eigenvalue weighted by Crippen LogP contribution is -3.00. The third-order valence-electron chi connectivity index (χ3n) is 1.11. The van der Waals surface area contributed by atoms with Crippen LogP contribution >= 0.6 is 11.8 Å². The molecular weight excluding hydrogens is 202 g/mol. The molecule has 1 N–H and O–H groups in total. The normalized spacial score (nSPS) is 16.8. The number of nitrogens with zero attached hydrogens (tertiary/aromatic N) is 1. The molecule has 0 fully saturated rings. The predicted molar refractivity (Wildman–Crippen MR) is 35.6 cm³/mol. The van der Waals surface area contributed by atoms with E-state index in [-0.39, 0.29) is 23.6 Å². The molecule has 1 aliphatic heterocycles. The van der Waals surface area contributed by atoms with Crippen molar-refractivity contribution in [2.75, 3.05) is 25.4 Å². The van der Waals surface area contributed by atoms with Crippen molar-refractivity contribution >= 4 is 17.3 Å². The van der Waals surface area contributed by atoms with Crippen molar-refractivity contribution in [3.8, 4) is 0 Å². The maximum Gasteiger partial charge on any atom is 0.198 e. The summed E-state index contributed by atoms with van der Waals surface area (Å²) < 4.78 is 2.13. The average molecular weight is 212 g/mol. The van der Waals surface area contributed by atoms with Crippen molar-refractivity contribution in [2.45, 2.75) is 0 Å². The highest BCUT2D eigenvalue weighted by atomic mass is 79.9. The Hall–Kier alpha value is 0.460. The number of thioether (sulfide) groups is 1. The minimum atomic E-state index is 0. The SMILES string of the molecule is OCC[N+]1=CSCC1.[Br-]. The van der Waals surface area contributed by atoms with E-state index < -0.39 is 0 Å². The molecule has 1 aliphatic rings. The maximum absolute atomic E-state index is 8.46. The molecule has 1 rings (SSSR count). The van der Waals surface area contributed by atoms with E-state index in [1.165, 1.54) is 5.75 Å². The summed E-state index contributed by atoms with van der Waals surface area (Å²) in [5.74, 6) is 1.18. The van der Waals surface area contributed by atoms with Crippen molar-refractivity contribution < 1.29 is 26.7 Å². The Kier molecular flexibility index (Phi) is 5.53. The van der Waals surface area contributed by atoms with E-state index in [1.807, 2.05) is 11.8 Å². The van der Waals surface area contributed by atoms with Crippen LogP contribution in [-0.2, 0) is 0 Å². The predicted octanol–water partition coefficient (Wildman–Crippen LogP) is -3.23. The van der Waals surface area contributed by atoms with Crippen LogP contribution in [0.3, 0.4) is 0 Å². The lowest BCUT2D eigenvalue weighted by atomic mass is 10.6. The Morgan fingerprint density at radius 3 is 2.89 bits per heavy atom. The van der Waals surface area contributed by atoms with Gasteiger partial charge >= 0.3 is 0 Å². The van der Waals surface area contributed by atoms with Gasteiger partial charge in [-0.1, -0.05) is 11.8 Å². The number of aliphatic hydroxyl groups is 1. The summed E-state index contributed by atoms with van der Waals surface area (Å²) in [7, 11) is 0. The smallest absolute Gasteiger partial charge is 0.198 e. The third kappa shape index (κ3) is 3.23. The fourth-order valence-corrected chi connectivity index (χ4v) is 1.54. The zero-order chi connectivity index (χ0) is 5.82. The largest absolute Gasteiger partial charge is 1.00 e. The van der Waals surface area contributed by atoms with E-state index >= 15 is 0 Å². The Morgan fingerprint density at radius 2 is 2.44 bits per heavy atom. The number of β-amino-alcohol motifs (C(OH)–C–C–N with tert-alkyl or cyclic N) is 1. The Balaban J connectivity index is 0.000000640. The molecule has 0 aromatic carbocycles. The lowest BCUT2D eigenvalue weighted by Gasteiger charge is -1.89. The molecule has 0 aromatic heterocycles. The van der Waals surface area contributed by atoms with Crippen LogP contribution in [0.2, 0.25) is 0 Å². The summed E-state index contributed by atoms with van der Waals surface area (Å²) in [6.45, 7) is 2.18. The second kappa shape index (κ2) is 5.26. The molecule has 0 radical (unpaired) electrons. The van der Waals surface area contributed by atoms with Crippen LogP contribution in [0.5, 0.6) is 0 Å². The first-order valence-electron chi connectivity index (χ1n) is 2.73. The molecule has 2 nitrogen and oxygen atoms in total. The molecule has 0 amide bonds. The molecule has 0 aromatic rings. The first-order chi connectivity index (χ1) is 3.93. The number of aliphatic hydroxyl groups excluding tert-OH is 1. The quantitative estimate of drug-likeness (QED) is 0.486. The van der Waals surface area contributed by atoms with Crippen molar-refractivity contribution in [2.24, 2.45) is 0 Å². The number of halogens is 1. The topological polar surface area (TPSA) is 23.2 Å². The molecule has 9 heavy (non-hydrogen) atoms. The van der Waals surface area contributed by atoms with Crippen molar-refractivity contribution in [3.05, 3.63) is 0 Å². The summed E-state index contributed by atoms with van der Waals surface area (Å²) in [4.78, 5) is 0. The molecule has 1 heterocycles. The van der Waals surface area contributed by atoms with Gasteiger partial charge in [-0.3, -0.25) is 0 Å². The number of hydrogen-bond donors (Lipinski definition) is 1. The van der Waals surface area contributed by atoms with Gasteiger partial charge in [0.15, 0.2) is 18.6 Å². The molecule has 0 saturated carbocycles. The summed E-state index contributed by atoms with van der Waals surface area (Å²) in [5.41, 5.74) is 2.08. The standard InChI is InChI=1S/C5H10NOS.BrH/c7-3-1-6-2-4-8-5-6;/h5,7H,1-4H2;1H/q+1;/p-1. The van der Waals surface area contributed by atoms with Gasteiger partial charge in [-0.25, -0.2) is 4.58 Å². The fraction of sp³-hybridized carbons (Fsp3) is 0.800. The Labute approximate surface area is 69.7 Å². The number of hydrogen-bond acceptors (Lipinski definition) is 2. The van der Waals surface area contributed by atoms with Crippen molar-refractivity contribution in [1.29, 1.82) is 0 Å². The third-order valence-corrected chi connectivity index (χ3v) is 1.97. The van der Waals surface area contributed by atoms with Crippen LogP contribution in [0.25, 0.3) is 0 Å². The molecule has 0 aliphatic carbocycles. The number of rotatable bonds is 2. The van der Waals surface area contributed by atoms with Crippen LogP contribution in [0.15, 0.2) is 0 Å². The van der Waals surface area contributed by atoms with E-state index in [2.05, 4.69) is 10.1 Å². The van der Waals surface area contributed by atoms with Gasteiger partial charge in [-0.2, -0.15) is 0 Å². The lowest BCUT2D eigenvalue weighted by molar-refractivity contribution is -0.515. The molecule has 54 valence electrons. The second-order valence-corrected chi connectivity index (χ2v) is 2.69. The monoisotopic (exact) mass is 211 g/mol. The fourth-order valence-electron chi connectivity index (χ4n) is 0.674. The Bertz CT molecular complexity index is 107. The van der Waals surface area contributed by atoms with E-state index in [9.17, 15) is 0 Å². The molecule has 0 atom stereocenters. The van der Waals surface area contributed by atoms with E-state index in [1.54, 1.807) is 0 Å². The maximum atomic E-state index is 8.46. The van der Waals surface area contributed by atoms with Gasteiger partial charge in [0.2, 0.25) is 0 Å². The van der Waals surface area contributed by atoms with Crippen LogP contribution in [0, 0.1) is 0 Å². The van der Waals surface area contributed by atoms with E-state index in [4.69, 9.17) is 5.11 Å². The molecule has 0 saturated heterocycles. The van der Waals surface area contributed by atoms with Crippen LogP contribution in [0.1, 0.15) is 0 Å². The van der Waals surface area contributed by atoms with Gasteiger partial charge in [0.1, 0.15) is 6.61 Å². The Morgan fingerprint density at radius 1 is 1.67 bits per heavy atom. The van der Waals surface area contributed by atoms with Gasteiger partial charge in [0.05, 0.1) is 5.75 Å². The molecule has 0 unspecified atom stereocenters. The zero-order valence-corrected chi connectivity index (χ0v) is 7.49. The van der Waals surface area contributed by atoms with Gasteiger partial charge in [-0.05, 0) is 0 Å². The first-order valence-corrected chi connectivity index (χ1v) is 3.78. The molecular formula is C5H10BrNOS. The van der Waals surface area contributed by atoms with Crippen molar-refractivity contribution in [3.63, 3.8) is 0 Å². The molecule has 0 spiro atoms. The highest BCUT2D eigenvalue weighted by Gasteiger charge is 2.08. The van der Waals surface area contributed by atoms with E-state index in [0.717, 1.165) is 13.1 Å². The van der Waals surface area contributed by atoms with Crippen LogP contribution in [0.4, 0.5) is 0 Å². The molecule has 0 bridgehead atoms. The van der Waals surface area contributed by atoms with Gasteiger partial charge in [-0.15, -0.1) is 0 Å². The van der Waals surface area contributed by atoms with Gasteiger partial charge in [0, 0.05) is 0 Å². The minimum absolute atomic E-state index is 0.